The highest BCUT2D eigenvalue weighted by atomic mass is 79.9. The van der Waals surface area contributed by atoms with Crippen LogP contribution < -0.4 is 42.2 Å². The van der Waals surface area contributed by atoms with Gasteiger partial charge in [0.2, 0.25) is 16.7 Å². The number of β-lactam (4-membered cyclic amide) rings is 1. The molecule has 2 saturated heterocycles. The molecule has 2 atom stereocenters. The SMILES string of the molecule is CCO/N=C(\C(=O)NC1C(=O)N2C(C(=O)OCc3ccc(OC)cc3)=C(C[n+]3cn(C4CCNCC4)c4cccnc43)CSC12)c1nsc(NC(=O)OC(C)(C)C)n1.[Br-]. The van der Waals surface area contributed by atoms with Crippen LogP contribution in [0.3, 0.4) is 0 Å². The van der Waals surface area contributed by atoms with Crippen LogP contribution in [0.1, 0.15) is 58.0 Å². The molecule has 3 N–H and O–H groups in total. The fourth-order valence-electron chi connectivity index (χ4n) is 6.79. The van der Waals surface area contributed by atoms with Crippen LogP contribution in [0.4, 0.5) is 9.93 Å². The van der Waals surface area contributed by atoms with Crippen molar-refractivity contribution in [2.75, 3.05) is 37.9 Å². The third-order valence-corrected chi connectivity index (χ3v) is 11.4. The number of halogens is 1. The minimum Gasteiger partial charge on any atom is -1.00 e. The molecule has 0 aliphatic carbocycles. The highest BCUT2D eigenvalue weighted by Crippen LogP contribution is 2.41. The number of hydrogen-bond donors (Lipinski definition) is 3. The van der Waals surface area contributed by atoms with Crippen LogP contribution in [0.2, 0.25) is 0 Å². The van der Waals surface area contributed by atoms with Crippen LogP contribution in [-0.2, 0) is 41.8 Å². The lowest BCUT2D eigenvalue weighted by Gasteiger charge is -2.49. The highest BCUT2D eigenvalue weighted by Gasteiger charge is 2.55. The Labute approximate surface area is 359 Å². The second kappa shape index (κ2) is 18.9. The van der Waals surface area contributed by atoms with Gasteiger partial charge in [0.1, 0.15) is 47.9 Å². The van der Waals surface area contributed by atoms with E-state index in [9.17, 15) is 19.2 Å². The summed E-state index contributed by atoms with van der Waals surface area (Å²) >= 11 is 2.23. The van der Waals surface area contributed by atoms with Crippen LogP contribution in [0.5, 0.6) is 5.75 Å². The van der Waals surface area contributed by atoms with Gasteiger partial charge in [0, 0.05) is 22.9 Å². The zero-order chi connectivity index (χ0) is 41.0. The summed E-state index contributed by atoms with van der Waals surface area (Å²) in [7, 11) is 1.57. The van der Waals surface area contributed by atoms with E-state index < -0.39 is 40.9 Å². The van der Waals surface area contributed by atoms with E-state index in [1.807, 2.05) is 23.0 Å². The lowest BCUT2D eigenvalue weighted by Crippen LogP contribution is -3.00. The Kier molecular flexibility index (Phi) is 13.9. The minimum atomic E-state index is -1.02. The summed E-state index contributed by atoms with van der Waals surface area (Å²) < 4.78 is 24.8. The van der Waals surface area contributed by atoms with Crippen molar-refractivity contribution in [2.24, 2.45) is 5.16 Å². The number of esters is 1. The van der Waals surface area contributed by atoms with Crippen LogP contribution >= 0.6 is 23.3 Å². The second-order valence-corrected chi connectivity index (χ2v) is 16.5. The van der Waals surface area contributed by atoms with Crippen molar-refractivity contribution in [3.63, 3.8) is 0 Å². The molecular formula is C38H45BrN10O8S2. The number of amides is 3. The number of aromatic nitrogens is 5. The molecule has 0 radical (unpaired) electrons. The molecule has 3 aliphatic rings. The second-order valence-electron chi connectivity index (χ2n) is 14.6. The molecule has 59 heavy (non-hydrogen) atoms. The Morgan fingerprint density at radius 2 is 1.88 bits per heavy atom. The van der Waals surface area contributed by atoms with Gasteiger partial charge in [0.15, 0.2) is 11.8 Å². The minimum absolute atomic E-state index is 0. The van der Waals surface area contributed by atoms with Gasteiger partial charge in [-0.25, -0.2) is 14.2 Å². The average Bonchev–Trinajstić information content (AvgIpc) is 3.83. The smallest absolute Gasteiger partial charge is 0.414 e. The van der Waals surface area contributed by atoms with Crippen molar-refractivity contribution in [3.8, 4) is 5.75 Å². The van der Waals surface area contributed by atoms with Crippen molar-refractivity contribution in [1.29, 1.82) is 0 Å². The van der Waals surface area contributed by atoms with E-state index in [-0.39, 0.29) is 65.1 Å². The van der Waals surface area contributed by atoms with Gasteiger partial charge in [0.05, 0.1) is 19.7 Å². The van der Waals surface area contributed by atoms with E-state index in [4.69, 9.17) is 24.0 Å². The predicted octanol–water partition coefficient (Wildman–Crippen LogP) is 0.298. The monoisotopic (exact) mass is 912 g/mol. The van der Waals surface area contributed by atoms with Gasteiger partial charge in [0.25, 0.3) is 11.8 Å². The molecule has 0 bridgehead atoms. The van der Waals surface area contributed by atoms with E-state index in [0.717, 1.165) is 54.2 Å². The molecule has 0 saturated carbocycles. The number of oxime groups is 1. The molecule has 0 spiro atoms. The first-order valence-electron chi connectivity index (χ1n) is 18.8. The van der Waals surface area contributed by atoms with E-state index in [1.165, 1.54) is 16.7 Å². The van der Waals surface area contributed by atoms with Crippen molar-refractivity contribution in [2.45, 2.75) is 76.7 Å². The zero-order valence-electron chi connectivity index (χ0n) is 33.1. The molecule has 3 aromatic heterocycles. The molecule has 2 unspecified atom stereocenters. The number of hydrogen-bond acceptors (Lipinski definition) is 15. The Morgan fingerprint density at radius 3 is 2.59 bits per heavy atom. The van der Waals surface area contributed by atoms with E-state index in [1.54, 1.807) is 65.3 Å². The van der Waals surface area contributed by atoms with Crippen molar-refractivity contribution in [1.82, 2.24) is 34.4 Å². The molecule has 2 fully saturated rings. The topological polar surface area (TPSA) is 204 Å². The normalized spacial score (nSPS) is 18.4. The fraction of sp³-hybridized carbons (Fsp3) is 0.447. The van der Waals surface area contributed by atoms with Crippen molar-refractivity contribution >= 4 is 69.2 Å². The van der Waals surface area contributed by atoms with Gasteiger partial charge >= 0.3 is 17.7 Å². The Hall–Kier alpha value is -5.12. The quantitative estimate of drug-likeness (QED) is 0.0544. The fourth-order valence-corrected chi connectivity index (χ4v) is 8.68. The summed E-state index contributed by atoms with van der Waals surface area (Å²) in [5, 5.41) is 12.0. The molecule has 7 rings (SSSR count). The Bertz CT molecular complexity index is 2250. The lowest BCUT2D eigenvalue weighted by atomic mass is 10.0. The third-order valence-electron chi connectivity index (χ3n) is 9.45. The average molecular weight is 914 g/mol. The number of pyridine rings is 1. The van der Waals surface area contributed by atoms with Crippen LogP contribution in [0.15, 0.2) is 65.3 Å². The maximum absolute atomic E-state index is 14.1. The number of thioether (sulfide) groups is 1. The molecule has 3 amide bonds. The standard InChI is InChI=1S/C38H44N10O8S2.BrH/c1-6-55-44-27(30-42-36(58-45-30)43-37(52)56-38(2,3)4)32(49)41-28-33(50)48-29(35(51)54-19-22-9-11-25(53-5)12-10-22)23(20-57-34(28)48)18-46-21-47(24-13-16-39-17-14-24)26-8-7-15-40-31(26)46;/h7-12,15,21,24,28,34,39H,6,13-14,16-20H2,1-5H3,(H-,41,42,43,45,49,52);1H/b44-27-;. The molecule has 1 aromatic carbocycles. The maximum atomic E-state index is 14.1. The van der Waals surface area contributed by atoms with Gasteiger partial charge in [-0.05, 0) is 83.5 Å². The number of anilines is 1. The van der Waals surface area contributed by atoms with Gasteiger partial charge in [-0.3, -0.25) is 24.4 Å². The number of benzene rings is 1. The summed E-state index contributed by atoms with van der Waals surface area (Å²) in [6.45, 7) is 9.06. The first-order valence-corrected chi connectivity index (χ1v) is 20.6. The zero-order valence-corrected chi connectivity index (χ0v) is 36.3. The summed E-state index contributed by atoms with van der Waals surface area (Å²) in [5.74, 6) is -1.05. The predicted molar refractivity (Wildman–Crippen MR) is 214 cm³/mol. The van der Waals surface area contributed by atoms with Gasteiger partial charge in [-0.1, -0.05) is 17.3 Å². The summed E-state index contributed by atoms with van der Waals surface area (Å²) in [4.78, 5) is 69.8. The summed E-state index contributed by atoms with van der Waals surface area (Å²) in [6.07, 6.45) is 4.97. The number of fused-ring (bicyclic) bond motifs is 2. The van der Waals surface area contributed by atoms with Gasteiger partial charge in [-0.15, -0.1) is 16.7 Å². The molecule has 3 aliphatic heterocycles. The molecule has 21 heteroatoms. The van der Waals surface area contributed by atoms with Crippen LogP contribution in [0.25, 0.3) is 11.2 Å². The van der Waals surface area contributed by atoms with Crippen molar-refractivity contribution in [3.05, 3.63) is 71.6 Å². The first-order chi connectivity index (χ1) is 27.9. The van der Waals surface area contributed by atoms with Gasteiger partial charge in [-0.2, -0.15) is 9.36 Å². The number of methoxy groups -OCH3 is 1. The third kappa shape index (κ3) is 9.85. The number of carbonyl (C=O) groups is 4. The number of nitrogens with one attached hydrogen (secondary N) is 3. The number of carbonyl (C=O) groups excluding carboxylic acids is 4. The molecule has 4 aromatic rings. The molecule has 18 nitrogen and oxygen atoms in total. The number of nitrogens with zero attached hydrogens (tertiary/aromatic N) is 7. The molecular weight excluding hydrogens is 869 g/mol. The number of rotatable bonds is 13. The number of piperidine rings is 1. The van der Waals surface area contributed by atoms with E-state index >= 15 is 0 Å². The summed E-state index contributed by atoms with van der Waals surface area (Å²) in [5.41, 5.74) is 2.24. The van der Waals surface area contributed by atoms with Gasteiger partial charge < -0.3 is 46.7 Å². The number of imidazole rings is 1. The van der Waals surface area contributed by atoms with Crippen LogP contribution in [0, 0.1) is 0 Å². The molecule has 314 valence electrons. The molecule has 6 heterocycles. The van der Waals surface area contributed by atoms with E-state index in [0.29, 0.717) is 17.1 Å². The Balaban J connectivity index is 0.00000585. The largest absolute Gasteiger partial charge is 1.00 e. The highest BCUT2D eigenvalue weighted by molar-refractivity contribution is 8.00. The summed E-state index contributed by atoms with van der Waals surface area (Å²) in [6, 6.07) is 10.4. The Morgan fingerprint density at radius 1 is 1.12 bits per heavy atom. The van der Waals surface area contributed by atoms with E-state index in [2.05, 4.69) is 35.0 Å². The lowest BCUT2D eigenvalue weighted by molar-refractivity contribution is -0.665. The number of ether oxygens (including phenoxy) is 3. The first kappa shape index (κ1) is 43.5. The maximum Gasteiger partial charge on any atom is 0.414 e. The van der Waals surface area contributed by atoms with Crippen LogP contribution in [-0.4, -0.2) is 103 Å². The van der Waals surface area contributed by atoms with Crippen molar-refractivity contribution < 1.29 is 59.8 Å².